The monoisotopic (exact) mass is 552 g/mol. The summed E-state index contributed by atoms with van der Waals surface area (Å²) < 4.78 is 22.6. The third-order valence-corrected chi connectivity index (χ3v) is 7.16. The molecular formula is C31H40N2O7. The first kappa shape index (κ1) is 29.4. The summed E-state index contributed by atoms with van der Waals surface area (Å²) in [5.74, 6) is 0.200. The molecule has 2 fully saturated rings. The molecule has 0 aliphatic carbocycles. The molecule has 1 unspecified atom stereocenters. The molecule has 0 bridgehead atoms. The minimum Gasteiger partial charge on any atom is -0.507 e. The molecular weight excluding hydrogens is 512 g/mol. The van der Waals surface area contributed by atoms with E-state index < -0.39 is 17.7 Å². The Labute approximate surface area is 236 Å². The van der Waals surface area contributed by atoms with E-state index in [9.17, 15) is 14.7 Å². The van der Waals surface area contributed by atoms with Crippen LogP contribution in [0, 0.1) is 0 Å². The van der Waals surface area contributed by atoms with Gasteiger partial charge in [-0.1, -0.05) is 26.3 Å². The summed E-state index contributed by atoms with van der Waals surface area (Å²) in [6.07, 6.45) is 2.79. The Morgan fingerprint density at radius 3 is 2.38 bits per heavy atom. The van der Waals surface area contributed by atoms with Gasteiger partial charge in [-0.3, -0.25) is 14.5 Å². The predicted octanol–water partition coefficient (Wildman–Crippen LogP) is 4.42. The molecule has 1 atom stereocenters. The number of benzene rings is 2. The molecule has 2 aromatic carbocycles. The maximum Gasteiger partial charge on any atom is 0.295 e. The maximum absolute atomic E-state index is 13.4. The molecule has 0 saturated carbocycles. The number of amides is 1. The lowest BCUT2D eigenvalue weighted by Crippen LogP contribution is -2.42. The van der Waals surface area contributed by atoms with Gasteiger partial charge in [-0.05, 0) is 54.8 Å². The quantitative estimate of drug-likeness (QED) is 0.169. The fourth-order valence-electron chi connectivity index (χ4n) is 4.92. The molecule has 2 aromatic rings. The van der Waals surface area contributed by atoms with E-state index in [0.717, 1.165) is 32.4 Å². The van der Waals surface area contributed by atoms with Crippen LogP contribution in [-0.4, -0.2) is 86.3 Å². The molecule has 2 aliphatic rings. The SMILES string of the molecule is CCCCOc1ccc(C2C(=C(O)c3ccc(OCCC)cc3)C(=O)C(=O)N2CCN2CCOCC2)cc1OC. The number of carbonyl (C=O) groups excluding carboxylic acids is 2. The van der Waals surface area contributed by atoms with Crippen LogP contribution in [0.25, 0.3) is 5.76 Å². The zero-order chi connectivity index (χ0) is 28.5. The summed E-state index contributed by atoms with van der Waals surface area (Å²) in [5.41, 5.74) is 1.15. The molecule has 1 N–H and O–H groups in total. The first-order valence-electron chi connectivity index (χ1n) is 14.1. The first-order valence-corrected chi connectivity index (χ1v) is 14.1. The standard InChI is InChI=1S/C31H40N2O7/c1-4-6-18-40-25-12-9-23(21-26(25)37-3)28-27(29(34)22-7-10-24(11-8-22)39-17-5-2)30(35)31(36)33(28)14-13-32-15-19-38-20-16-32/h7-12,21,28,34H,4-6,13-20H2,1-3H3. The second-order valence-corrected chi connectivity index (χ2v) is 9.93. The second-order valence-electron chi connectivity index (χ2n) is 9.93. The van der Waals surface area contributed by atoms with Crippen LogP contribution in [0.2, 0.25) is 0 Å². The smallest absolute Gasteiger partial charge is 0.295 e. The lowest BCUT2D eigenvalue weighted by atomic mass is 9.95. The molecule has 9 nitrogen and oxygen atoms in total. The average molecular weight is 553 g/mol. The number of ketones is 1. The maximum atomic E-state index is 13.4. The van der Waals surface area contributed by atoms with Crippen molar-refractivity contribution in [2.24, 2.45) is 0 Å². The number of methoxy groups -OCH3 is 1. The fraction of sp³-hybridized carbons (Fsp3) is 0.484. The normalized spacial score (nSPS) is 19.2. The van der Waals surface area contributed by atoms with Gasteiger partial charge in [0.05, 0.1) is 45.2 Å². The molecule has 0 spiro atoms. The van der Waals surface area contributed by atoms with Gasteiger partial charge in [-0.15, -0.1) is 0 Å². The number of ether oxygens (including phenoxy) is 4. The van der Waals surface area contributed by atoms with Gasteiger partial charge in [0.1, 0.15) is 11.5 Å². The average Bonchev–Trinajstić information content (AvgIpc) is 3.24. The van der Waals surface area contributed by atoms with Crippen LogP contribution in [0.1, 0.15) is 50.3 Å². The Morgan fingerprint density at radius 1 is 0.950 bits per heavy atom. The summed E-state index contributed by atoms with van der Waals surface area (Å²) in [6, 6.07) is 11.5. The number of likely N-dealkylation sites (tertiary alicyclic amines) is 1. The Hall–Kier alpha value is -3.56. The molecule has 2 heterocycles. The number of unbranched alkanes of at least 4 members (excludes halogenated alkanes) is 1. The van der Waals surface area contributed by atoms with Gasteiger partial charge in [0.15, 0.2) is 11.5 Å². The van der Waals surface area contributed by atoms with Crippen molar-refractivity contribution in [2.45, 2.75) is 39.2 Å². The lowest BCUT2D eigenvalue weighted by molar-refractivity contribution is -0.140. The third-order valence-electron chi connectivity index (χ3n) is 7.16. The van der Waals surface area contributed by atoms with E-state index in [4.69, 9.17) is 18.9 Å². The van der Waals surface area contributed by atoms with Gasteiger partial charge in [-0.25, -0.2) is 0 Å². The summed E-state index contributed by atoms with van der Waals surface area (Å²) in [4.78, 5) is 30.6. The molecule has 0 aromatic heterocycles. The van der Waals surface area contributed by atoms with Crippen molar-refractivity contribution >= 4 is 17.4 Å². The van der Waals surface area contributed by atoms with Crippen molar-refractivity contribution in [1.29, 1.82) is 0 Å². The fourth-order valence-corrected chi connectivity index (χ4v) is 4.92. The zero-order valence-corrected chi connectivity index (χ0v) is 23.7. The summed E-state index contributed by atoms with van der Waals surface area (Å²) in [7, 11) is 1.56. The van der Waals surface area contributed by atoms with Crippen LogP contribution in [0.5, 0.6) is 17.2 Å². The highest BCUT2D eigenvalue weighted by molar-refractivity contribution is 6.46. The highest BCUT2D eigenvalue weighted by Crippen LogP contribution is 2.42. The summed E-state index contributed by atoms with van der Waals surface area (Å²) in [5, 5.41) is 11.4. The van der Waals surface area contributed by atoms with E-state index in [2.05, 4.69) is 11.8 Å². The number of rotatable bonds is 13. The number of hydrogen-bond donors (Lipinski definition) is 1. The van der Waals surface area contributed by atoms with Crippen LogP contribution < -0.4 is 14.2 Å². The number of hydrogen-bond acceptors (Lipinski definition) is 8. The molecule has 216 valence electrons. The van der Waals surface area contributed by atoms with Gasteiger partial charge in [0.25, 0.3) is 11.7 Å². The van der Waals surface area contributed by atoms with Crippen molar-refractivity contribution in [1.82, 2.24) is 9.80 Å². The van der Waals surface area contributed by atoms with Crippen LogP contribution in [0.15, 0.2) is 48.0 Å². The van der Waals surface area contributed by atoms with Gasteiger partial charge < -0.3 is 29.0 Å². The van der Waals surface area contributed by atoms with Crippen molar-refractivity contribution in [2.75, 3.05) is 59.7 Å². The number of morpholine rings is 1. The lowest BCUT2D eigenvalue weighted by Gasteiger charge is -2.31. The van der Waals surface area contributed by atoms with Gasteiger partial charge in [0.2, 0.25) is 0 Å². The number of aliphatic hydroxyl groups excluding tert-OH is 1. The van der Waals surface area contributed by atoms with E-state index in [-0.39, 0.29) is 11.3 Å². The van der Waals surface area contributed by atoms with Gasteiger partial charge >= 0.3 is 0 Å². The summed E-state index contributed by atoms with van der Waals surface area (Å²) >= 11 is 0. The molecule has 2 saturated heterocycles. The third kappa shape index (κ3) is 6.77. The van der Waals surface area contributed by atoms with Crippen molar-refractivity contribution < 1.29 is 33.6 Å². The summed E-state index contributed by atoms with van der Waals surface area (Å²) in [6.45, 7) is 8.97. The Bertz CT molecular complexity index is 1190. The second kappa shape index (κ2) is 14.2. The van der Waals surface area contributed by atoms with Crippen LogP contribution in [0.3, 0.4) is 0 Å². The highest BCUT2D eigenvalue weighted by Gasteiger charge is 2.46. The first-order chi connectivity index (χ1) is 19.5. The minimum absolute atomic E-state index is 0.0518. The topological polar surface area (TPSA) is 97.8 Å². The number of aliphatic hydroxyl groups is 1. The van der Waals surface area contributed by atoms with Crippen molar-refractivity contribution in [3.05, 3.63) is 59.2 Å². The minimum atomic E-state index is -0.782. The molecule has 0 radical (unpaired) electrons. The zero-order valence-electron chi connectivity index (χ0n) is 23.7. The van der Waals surface area contributed by atoms with E-state index in [1.807, 2.05) is 13.0 Å². The van der Waals surface area contributed by atoms with E-state index in [0.29, 0.717) is 67.9 Å². The van der Waals surface area contributed by atoms with Crippen LogP contribution >= 0.6 is 0 Å². The highest BCUT2D eigenvalue weighted by atomic mass is 16.5. The Balaban J connectivity index is 1.71. The molecule has 4 rings (SSSR count). The molecule has 40 heavy (non-hydrogen) atoms. The van der Waals surface area contributed by atoms with Crippen LogP contribution in [-0.2, 0) is 14.3 Å². The number of Topliss-reactive ketones (excluding diaryl/α,β-unsaturated/α-hetero) is 1. The van der Waals surface area contributed by atoms with E-state index in [1.165, 1.54) is 0 Å². The molecule has 2 aliphatic heterocycles. The van der Waals surface area contributed by atoms with Gasteiger partial charge in [0, 0.05) is 31.7 Å². The predicted molar refractivity (Wildman–Crippen MR) is 152 cm³/mol. The van der Waals surface area contributed by atoms with Crippen LogP contribution in [0.4, 0.5) is 0 Å². The Morgan fingerprint density at radius 2 is 1.70 bits per heavy atom. The number of nitrogens with zero attached hydrogens (tertiary/aromatic N) is 2. The largest absolute Gasteiger partial charge is 0.507 e. The van der Waals surface area contributed by atoms with Crippen molar-refractivity contribution in [3.8, 4) is 17.2 Å². The molecule has 1 amide bonds. The number of carbonyl (C=O) groups is 2. The molecule has 9 heteroatoms. The van der Waals surface area contributed by atoms with E-state index >= 15 is 0 Å². The Kier molecular flexibility index (Phi) is 10.4. The van der Waals surface area contributed by atoms with Crippen molar-refractivity contribution in [3.63, 3.8) is 0 Å². The van der Waals surface area contributed by atoms with Gasteiger partial charge in [-0.2, -0.15) is 0 Å². The van der Waals surface area contributed by atoms with E-state index in [1.54, 1.807) is 48.4 Å².